The molecule has 0 atom stereocenters. The van der Waals surface area contributed by atoms with Gasteiger partial charge in [-0.05, 0) is 72.9 Å². The van der Waals surface area contributed by atoms with Crippen molar-refractivity contribution in [3.8, 4) is 33.8 Å². The molecule has 0 amide bonds. The first-order valence-corrected chi connectivity index (χ1v) is 15.2. The van der Waals surface area contributed by atoms with Crippen LogP contribution in [0.5, 0.6) is 0 Å². The van der Waals surface area contributed by atoms with Crippen molar-refractivity contribution >= 4 is 0 Å². The van der Waals surface area contributed by atoms with E-state index in [0.29, 0.717) is 0 Å². The maximum atomic E-state index is 4.36. The predicted molar refractivity (Wildman–Crippen MR) is 184 cm³/mol. The highest BCUT2D eigenvalue weighted by atomic mass is 14.7. The van der Waals surface area contributed by atoms with Crippen LogP contribution in [0.4, 0.5) is 0 Å². The standard InChI is InChI=1S/2C13H13N.C12H11N.C2H6/c2*1-2-11-7-3-4-8-12(11)13-9-5-6-10-14-13;1-10-6-2-3-7-11(10)12-8-4-5-9-13-12;1-2/h2*3-10H,2H2,1H3;2-9H,1H3;1-2H3. The van der Waals surface area contributed by atoms with Gasteiger partial charge in [0.05, 0.1) is 17.1 Å². The van der Waals surface area contributed by atoms with Crippen molar-refractivity contribution < 1.29 is 0 Å². The molecule has 3 heterocycles. The average molecular weight is 566 g/mol. The first-order chi connectivity index (χ1) is 21.2. The Bertz CT molecular complexity index is 1510. The SMILES string of the molecule is CC.CCc1ccccc1-c1ccccn1.CCc1ccccc1-c1ccccn1.Cc1ccccc1-c1ccccn1. The normalized spacial score (nSPS) is 9.70. The second-order valence-corrected chi connectivity index (χ2v) is 9.48. The van der Waals surface area contributed by atoms with Crippen molar-refractivity contribution in [3.05, 3.63) is 163 Å². The number of benzene rings is 3. The van der Waals surface area contributed by atoms with Crippen molar-refractivity contribution in [2.75, 3.05) is 0 Å². The molecule has 0 saturated heterocycles. The van der Waals surface area contributed by atoms with Crippen LogP contribution in [0, 0.1) is 6.92 Å². The van der Waals surface area contributed by atoms with Crippen LogP contribution in [0.1, 0.15) is 44.4 Å². The summed E-state index contributed by atoms with van der Waals surface area (Å²) in [5.41, 5.74) is 10.8. The Kier molecular flexibility index (Phi) is 14.1. The monoisotopic (exact) mass is 565 g/mol. The molecule has 0 fully saturated rings. The highest BCUT2D eigenvalue weighted by molar-refractivity contribution is 5.64. The van der Waals surface area contributed by atoms with E-state index in [-0.39, 0.29) is 0 Å². The van der Waals surface area contributed by atoms with Crippen molar-refractivity contribution in [1.29, 1.82) is 0 Å². The summed E-state index contributed by atoms with van der Waals surface area (Å²) in [5.74, 6) is 0. The fraction of sp³-hybridized carbons (Fsp3) is 0.175. The zero-order chi connectivity index (χ0) is 30.7. The lowest BCUT2D eigenvalue weighted by molar-refractivity contribution is 1.13. The molecule has 0 radical (unpaired) electrons. The molecule has 0 aliphatic heterocycles. The van der Waals surface area contributed by atoms with Crippen LogP contribution in [0.3, 0.4) is 0 Å². The molecule has 3 aromatic heterocycles. The molecule has 3 heteroatoms. The highest BCUT2D eigenvalue weighted by Gasteiger charge is 2.03. The van der Waals surface area contributed by atoms with Gasteiger partial charge in [-0.25, -0.2) is 0 Å². The zero-order valence-corrected chi connectivity index (χ0v) is 26.1. The molecule has 0 bridgehead atoms. The van der Waals surface area contributed by atoms with E-state index >= 15 is 0 Å². The number of aromatic nitrogens is 3. The fourth-order valence-electron chi connectivity index (χ4n) is 4.58. The lowest BCUT2D eigenvalue weighted by Crippen LogP contribution is -1.88. The number of rotatable bonds is 5. The van der Waals surface area contributed by atoms with Crippen LogP contribution in [-0.2, 0) is 12.8 Å². The topological polar surface area (TPSA) is 38.7 Å². The minimum Gasteiger partial charge on any atom is -0.256 e. The van der Waals surface area contributed by atoms with Crippen LogP contribution in [-0.4, -0.2) is 15.0 Å². The molecule has 0 aliphatic rings. The van der Waals surface area contributed by atoms with Gasteiger partial charge in [0.25, 0.3) is 0 Å². The van der Waals surface area contributed by atoms with E-state index in [1.807, 2.05) is 87.0 Å². The Balaban J connectivity index is 0.000000172. The summed E-state index contributed by atoms with van der Waals surface area (Å²) >= 11 is 0. The zero-order valence-electron chi connectivity index (χ0n) is 26.1. The van der Waals surface area contributed by atoms with E-state index in [0.717, 1.165) is 29.9 Å². The van der Waals surface area contributed by atoms with Crippen molar-refractivity contribution in [1.82, 2.24) is 15.0 Å². The van der Waals surface area contributed by atoms with Crippen molar-refractivity contribution in [2.24, 2.45) is 0 Å². The van der Waals surface area contributed by atoms with Crippen LogP contribution in [0.25, 0.3) is 33.8 Å². The Labute approximate surface area is 258 Å². The van der Waals surface area contributed by atoms with Gasteiger partial charge < -0.3 is 0 Å². The lowest BCUT2D eigenvalue weighted by Gasteiger charge is -2.05. The summed E-state index contributed by atoms with van der Waals surface area (Å²) in [5, 5.41) is 0. The van der Waals surface area contributed by atoms with E-state index in [1.165, 1.54) is 33.4 Å². The second kappa shape index (κ2) is 18.5. The molecular formula is C40H43N3. The summed E-state index contributed by atoms with van der Waals surface area (Å²) in [4.78, 5) is 13.0. The van der Waals surface area contributed by atoms with Gasteiger partial charge in [0.15, 0.2) is 0 Å². The number of nitrogens with zero attached hydrogens (tertiary/aromatic N) is 3. The van der Waals surface area contributed by atoms with E-state index in [2.05, 4.69) is 109 Å². The van der Waals surface area contributed by atoms with Crippen molar-refractivity contribution in [2.45, 2.75) is 47.5 Å². The summed E-state index contributed by atoms with van der Waals surface area (Å²) in [6, 6.07) is 43.1. The molecule has 218 valence electrons. The Morgan fingerprint density at radius 2 is 0.721 bits per heavy atom. The van der Waals surface area contributed by atoms with Gasteiger partial charge in [-0.15, -0.1) is 0 Å². The molecule has 0 unspecified atom stereocenters. The maximum Gasteiger partial charge on any atom is 0.0704 e. The molecule has 0 spiro atoms. The summed E-state index contributed by atoms with van der Waals surface area (Å²) in [7, 11) is 0. The van der Waals surface area contributed by atoms with Gasteiger partial charge in [0, 0.05) is 35.3 Å². The van der Waals surface area contributed by atoms with Crippen LogP contribution >= 0.6 is 0 Å². The minimum absolute atomic E-state index is 1.04. The minimum atomic E-state index is 1.04. The van der Waals surface area contributed by atoms with Crippen LogP contribution in [0.2, 0.25) is 0 Å². The van der Waals surface area contributed by atoms with E-state index < -0.39 is 0 Å². The number of hydrogen-bond acceptors (Lipinski definition) is 3. The van der Waals surface area contributed by atoms with Gasteiger partial charge in [-0.2, -0.15) is 0 Å². The molecule has 6 aromatic rings. The molecular weight excluding hydrogens is 522 g/mol. The van der Waals surface area contributed by atoms with Gasteiger partial charge in [0.1, 0.15) is 0 Å². The Morgan fingerprint density at radius 1 is 0.395 bits per heavy atom. The fourth-order valence-corrected chi connectivity index (χ4v) is 4.58. The molecule has 6 rings (SSSR count). The van der Waals surface area contributed by atoms with E-state index in [4.69, 9.17) is 0 Å². The third-order valence-corrected chi connectivity index (χ3v) is 6.76. The Hall–Kier alpha value is -4.89. The highest BCUT2D eigenvalue weighted by Crippen LogP contribution is 2.22. The number of hydrogen-bond donors (Lipinski definition) is 0. The van der Waals surface area contributed by atoms with Crippen LogP contribution in [0.15, 0.2) is 146 Å². The largest absolute Gasteiger partial charge is 0.256 e. The predicted octanol–water partition coefficient (Wildman–Crippen LogP) is 10.7. The van der Waals surface area contributed by atoms with Gasteiger partial charge >= 0.3 is 0 Å². The number of pyridine rings is 3. The van der Waals surface area contributed by atoms with E-state index in [1.54, 1.807) is 0 Å². The summed E-state index contributed by atoms with van der Waals surface area (Å²) in [6.07, 6.45) is 7.59. The van der Waals surface area contributed by atoms with Gasteiger partial charge in [-0.3, -0.25) is 15.0 Å². The average Bonchev–Trinajstić information content (AvgIpc) is 3.11. The van der Waals surface area contributed by atoms with Gasteiger partial charge in [0.2, 0.25) is 0 Å². The first kappa shape index (κ1) is 32.6. The number of aryl methyl sites for hydroxylation is 3. The molecule has 43 heavy (non-hydrogen) atoms. The lowest BCUT2D eigenvalue weighted by atomic mass is 10.0. The quantitative estimate of drug-likeness (QED) is 0.209. The second-order valence-electron chi connectivity index (χ2n) is 9.48. The third kappa shape index (κ3) is 9.86. The first-order valence-electron chi connectivity index (χ1n) is 15.2. The summed E-state index contributed by atoms with van der Waals surface area (Å²) < 4.78 is 0. The molecule has 3 nitrogen and oxygen atoms in total. The molecule has 0 N–H and O–H groups in total. The smallest absolute Gasteiger partial charge is 0.0704 e. The maximum absolute atomic E-state index is 4.36. The van der Waals surface area contributed by atoms with E-state index in [9.17, 15) is 0 Å². The Morgan fingerprint density at radius 3 is 1.07 bits per heavy atom. The van der Waals surface area contributed by atoms with Crippen LogP contribution < -0.4 is 0 Å². The third-order valence-electron chi connectivity index (χ3n) is 6.76. The molecule has 0 aliphatic carbocycles. The van der Waals surface area contributed by atoms with Gasteiger partial charge in [-0.1, -0.05) is 119 Å². The molecule has 0 saturated carbocycles. The van der Waals surface area contributed by atoms with Crippen molar-refractivity contribution in [3.63, 3.8) is 0 Å². The molecule has 3 aromatic carbocycles. The summed E-state index contributed by atoms with van der Waals surface area (Å²) in [6.45, 7) is 10.4.